The number of likely N-dealkylation sites (tertiary alicyclic amines) is 1. The van der Waals surface area contributed by atoms with Gasteiger partial charge in [-0.2, -0.15) is 0 Å². The number of nitrogens with zero attached hydrogens (tertiary/aromatic N) is 1. The van der Waals surface area contributed by atoms with E-state index in [0.717, 1.165) is 5.56 Å². The maximum absolute atomic E-state index is 12.0. The number of benzene rings is 1. The number of carbonyl (C=O) groups is 1. The SMILES string of the molecule is CO[C@H]1C[C@@H](CO)CN1C(=O)OCc1ccccc1. The third-order valence-corrected chi connectivity index (χ3v) is 3.31. The Labute approximate surface area is 112 Å². The zero-order chi connectivity index (χ0) is 13.7. The van der Waals surface area contributed by atoms with Gasteiger partial charge >= 0.3 is 6.09 Å². The molecule has 1 aliphatic rings. The van der Waals surface area contributed by atoms with E-state index in [1.54, 1.807) is 7.11 Å². The van der Waals surface area contributed by atoms with Crippen LogP contribution in [-0.2, 0) is 16.1 Å². The van der Waals surface area contributed by atoms with Gasteiger partial charge < -0.3 is 14.6 Å². The van der Waals surface area contributed by atoms with E-state index in [9.17, 15) is 4.79 Å². The molecule has 1 saturated heterocycles. The van der Waals surface area contributed by atoms with Crippen molar-refractivity contribution in [3.63, 3.8) is 0 Å². The second-order valence-corrected chi connectivity index (χ2v) is 4.67. The van der Waals surface area contributed by atoms with Gasteiger partial charge in [-0.05, 0) is 12.0 Å². The minimum atomic E-state index is -0.397. The van der Waals surface area contributed by atoms with Crippen LogP contribution in [0.3, 0.4) is 0 Å². The van der Waals surface area contributed by atoms with E-state index in [2.05, 4.69) is 0 Å². The van der Waals surface area contributed by atoms with E-state index in [-0.39, 0.29) is 25.4 Å². The summed E-state index contributed by atoms with van der Waals surface area (Å²) in [6.45, 7) is 0.779. The molecule has 0 saturated carbocycles. The van der Waals surface area contributed by atoms with Crippen molar-refractivity contribution in [2.45, 2.75) is 19.3 Å². The first-order valence-electron chi connectivity index (χ1n) is 6.35. The van der Waals surface area contributed by atoms with E-state index in [1.807, 2.05) is 30.3 Å². The lowest BCUT2D eigenvalue weighted by molar-refractivity contribution is -0.00770. The smallest absolute Gasteiger partial charge is 0.412 e. The molecule has 2 atom stereocenters. The molecule has 5 nitrogen and oxygen atoms in total. The Bertz CT molecular complexity index is 409. The summed E-state index contributed by atoms with van der Waals surface area (Å²) in [5.41, 5.74) is 0.947. The van der Waals surface area contributed by atoms with Crippen molar-refractivity contribution in [3.05, 3.63) is 35.9 Å². The van der Waals surface area contributed by atoms with Gasteiger partial charge in [0.25, 0.3) is 0 Å². The number of ether oxygens (including phenoxy) is 2. The topological polar surface area (TPSA) is 59.0 Å². The van der Waals surface area contributed by atoms with E-state index >= 15 is 0 Å². The van der Waals surface area contributed by atoms with Gasteiger partial charge in [-0.3, -0.25) is 4.90 Å². The molecule has 0 aromatic heterocycles. The molecule has 1 heterocycles. The molecule has 0 bridgehead atoms. The Hall–Kier alpha value is -1.59. The van der Waals surface area contributed by atoms with E-state index in [1.165, 1.54) is 4.90 Å². The van der Waals surface area contributed by atoms with Gasteiger partial charge in [0, 0.05) is 26.2 Å². The number of amides is 1. The highest BCUT2D eigenvalue weighted by molar-refractivity contribution is 5.68. The maximum atomic E-state index is 12.0. The fourth-order valence-electron chi connectivity index (χ4n) is 2.23. The highest BCUT2D eigenvalue weighted by Gasteiger charge is 2.35. The van der Waals surface area contributed by atoms with Crippen LogP contribution in [0.15, 0.2) is 30.3 Å². The molecule has 1 amide bonds. The molecule has 1 aliphatic heterocycles. The van der Waals surface area contributed by atoms with Crippen molar-refractivity contribution in [1.29, 1.82) is 0 Å². The zero-order valence-electron chi connectivity index (χ0n) is 11.0. The van der Waals surface area contributed by atoms with Gasteiger partial charge in [0.2, 0.25) is 0 Å². The summed E-state index contributed by atoms with van der Waals surface area (Å²) in [5.74, 6) is 0.0641. The van der Waals surface area contributed by atoms with Gasteiger partial charge in [-0.25, -0.2) is 4.79 Å². The summed E-state index contributed by atoms with van der Waals surface area (Å²) >= 11 is 0. The molecule has 2 rings (SSSR count). The van der Waals surface area contributed by atoms with Crippen molar-refractivity contribution in [1.82, 2.24) is 4.90 Å². The summed E-state index contributed by atoms with van der Waals surface area (Å²) in [4.78, 5) is 13.5. The summed E-state index contributed by atoms with van der Waals surface area (Å²) in [6, 6.07) is 9.53. The molecule has 0 radical (unpaired) electrons. The summed E-state index contributed by atoms with van der Waals surface area (Å²) in [7, 11) is 1.56. The highest BCUT2D eigenvalue weighted by atomic mass is 16.6. The number of aliphatic hydroxyl groups excluding tert-OH is 1. The third-order valence-electron chi connectivity index (χ3n) is 3.31. The Morgan fingerprint density at radius 1 is 1.42 bits per heavy atom. The Morgan fingerprint density at radius 2 is 2.16 bits per heavy atom. The Balaban J connectivity index is 1.89. The molecule has 1 aromatic carbocycles. The van der Waals surface area contributed by atoms with Crippen LogP contribution in [0.25, 0.3) is 0 Å². The number of rotatable bonds is 4. The molecule has 1 fully saturated rings. The van der Waals surface area contributed by atoms with Crippen LogP contribution in [0, 0.1) is 5.92 Å². The molecule has 0 aliphatic carbocycles. The Morgan fingerprint density at radius 3 is 2.79 bits per heavy atom. The molecular weight excluding hydrogens is 246 g/mol. The lowest BCUT2D eigenvalue weighted by Gasteiger charge is -2.22. The second-order valence-electron chi connectivity index (χ2n) is 4.67. The van der Waals surface area contributed by atoms with Gasteiger partial charge in [0.05, 0.1) is 0 Å². The van der Waals surface area contributed by atoms with Gasteiger partial charge in [0.15, 0.2) is 0 Å². The first-order chi connectivity index (χ1) is 9.24. The standard InChI is InChI=1S/C14H19NO4/c1-18-13-7-12(9-16)8-15(13)14(17)19-10-11-5-3-2-4-6-11/h2-6,12-13,16H,7-10H2,1H3/t12-,13+/m1/s1. The van der Waals surface area contributed by atoms with Crippen molar-refractivity contribution in [3.8, 4) is 0 Å². The van der Waals surface area contributed by atoms with Crippen LogP contribution in [-0.4, -0.2) is 42.6 Å². The largest absolute Gasteiger partial charge is 0.444 e. The molecule has 0 spiro atoms. The zero-order valence-corrected chi connectivity index (χ0v) is 11.0. The normalized spacial score (nSPS) is 22.5. The van der Waals surface area contributed by atoms with E-state index in [0.29, 0.717) is 13.0 Å². The van der Waals surface area contributed by atoms with Gasteiger partial charge in [-0.15, -0.1) is 0 Å². The lowest BCUT2D eigenvalue weighted by Crippen LogP contribution is -2.37. The Kier molecular flexibility index (Phi) is 4.76. The van der Waals surface area contributed by atoms with E-state index in [4.69, 9.17) is 14.6 Å². The molecule has 0 unspecified atom stereocenters. The molecule has 104 valence electrons. The average Bonchev–Trinajstić information content (AvgIpc) is 2.89. The molecule has 5 heteroatoms. The van der Waals surface area contributed by atoms with Crippen LogP contribution in [0.1, 0.15) is 12.0 Å². The predicted molar refractivity (Wildman–Crippen MR) is 69.3 cm³/mol. The molecule has 19 heavy (non-hydrogen) atoms. The van der Waals surface area contributed by atoms with Crippen molar-refractivity contribution < 1.29 is 19.4 Å². The maximum Gasteiger partial charge on any atom is 0.412 e. The van der Waals surface area contributed by atoms with Crippen molar-refractivity contribution in [2.75, 3.05) is 20.3 Å². The number of hydrogen-bond acceptors (Lipinski definition) is 4. The number of aliphatic hydroxyl groups is 1. The predicted octanol–water partition coefficient (Wildman–Crippen LogP) is 1.61. The molecular formula is C14H19NO4. The minimum absolute atomic E-state index is 0.0579. The number of methoxy groups -OCH3 is 1. The van der Waals surface area contributed by atoms with Crippen LogP contribution < -0.4 is 0 Å². The van der Waals surface area contributed by atoms with Crippen LogP contribution in [0.4, 0.5) is 4.79 Å². The van der Waals surface area contributed by atoms with Gasteiger partial charge in [-0.1, -0.05) is 30.3 Å². The average molecular weight is 265 g/mol. The summed E-state index contributed by atoms with van der Waals surface area (Å²) in [5, 5.41) is 9.15. The highest BCUT2D eigenvalue weighted by Crippen LogP contribution is 2.24. The van der Waals surface area contributed by atoms with Crippen LogP contribution in [0.2, 0.25) is 0 Å². The van der Waals surface area contributed by atoms with Crippen LogP contribution in [0.5, 0.6) is 0 Å². The monoisotopic (exact) mass is 265 g/mol. The third kappa shape index (κ3) is 3.45. The fraction of sp³-hybridized carbons (Fsp3) is 0.500. The number of hydrogen-bond donors (Lipinski definition) is 1. The lowest BCUT2D eigenvalue weighted by atomic mass is 10.1. The summed E-state index contributed by atoms with van der Waals surface area (Å²) in [6.07, 6.45) is -0.0555. The van der Waals surface area contributed by atoms with Gasteiger partial charge in [0.1, 0.15) is 12.8 Å². The van der Waals surface area contributed by atoms with Crippen molar-refractivity contribution in [2.24, 2.45) is 5.92 Å². The minimum Gasteiger partial charge on any atom is -0.444 e. The first-order valence-corrected chi connectivity index (χ1v) is 6.35. The fourth-order valence-corrected chi connectivity index (χ4v) is 2.23. The quantitative estimate of drug-likeness (QED) is 0.898. The first kappa shape index (κ1) is 13.8. The van der Waals surface area contributed by atoms with Crippen LogP contribution >= 0.6 is 0 Å². The van der Waals surface area contributed by atoms with E-state index < -0.39 is 6.09 Å². The number of carbonyl (C=O) groups excluding carboxylic acids is 1. The summed E-state index contributed by atoms with van der Waals surface area (Å²) < 4.78 is 10.5. The van der Waals surface area contributed by atoms with Crippen molar-refractivity contribution >= 4 is 6.09 Å². The second kappa shape index (κ2) is 6.54. The molecule has 1 N–H and O–H groups in total. The molecule has 1 aromatic rings.